The Labute approximate surface area is 95.7 Å². The van der Waals surface area contributed by atoms with Gasteiger partial charge >= 0.3 is 0 Å². The van der Waals surface area contributed by atoms with Gasteiger partial charge in [-0.1, -0.05) is 0 Å². The van der Waals surface area contributed by atoms with Gasteiger partial charge in [0.05, 0.1) is 6.20 Å². The molecule has 0 atom stereocenters. The van der Waals surface area contributed by atoms with Crippen LogP contribution in [0.1, 0.15) is 10.4 Å². The second-order valence-electron chi connectivity index (χ2n) is 3.54. The summed E-state index contributed by atoms with van der Waals surface area (Å²) in [6.07, 6.45) is 1.85. The number of carbonyl (C=O) groups excluding carboxylic acids is 1. The van der Waals surface area contributed by atoms with Gasteiger partial charge in [0.2, 0.25) is 0 Å². The molecule has 0 radical (unpaired) electrons. The lowest BCUT2D eigenvalue weighted by Crippen LogP contribution is -1.99. The van der Waals surface area contributed by atoms with Gasteiger partial charge in [-0.25, -0.2) is 8.78 Å². The topological polar surface area (TPSA) is 60.9 Å². The fourth-order valence-corrected chi connectivity index (χ4v) is 1.55. The maximum absolute atomic E-state index is 13.2. The second-order valence-corrected chi connectivity index (χ2v) is 3.54. The molecule has 2 rings (SSSR count). The minimum atomic E-state index is -1.07. The second kappa shape index (κ2) is 3.97. The third-order valence-corrected chi connectivity index (χ3v) is 2.49. The average molecular weight is 237 g/mol. The summed E-state index contributed by atoms with van der Waals surface area (Å²) < 4.78 is 27.5. The van der Waals surface area contributed by atoms with Crippen molar-refractivity contribution >= 4 is 12.1 Å². The van der Waals surface area contributed by atoms with Crippen molar-refractivity contribution in [2.24, 2.45) is 7.05 Å². The Morgan fingerprint density at radius 2 is 1.94 bits per heavy atom. The number of carbonyl (C=O) groups is 1. The maximum atomic E-state index is 13.2. The van der Waals surface area contributed by atoms with Crippen LogP contribution in [0.3, 0.4) is 0 Å². The molecular formula is C11H9F2N3O. The van der Waals surface area contributed by atoms with Crippen LogP contribution in [-0.2, 0) is 7.05 Å². The lowest BCUT2D eigenvalue weighted by molar-refractivity contribution is 0.112. The van der Waals surface area contributed by atoms with Crippen LogP contribution >= 0.6 is 0 Å². The standard InChI is InChI=1S/C11H9F2N3O/c1-16-11(14)8(4-15-16)7-3-10(13)9(12)2-6(7)5-17/h2-5H,14H2,1H3. The number of aromatic nitrogens is 2. The van der Waals surface area contributed by atoms with E-state index in [2.05, 4.69) is 5.10 Å². The SMILES string of the molecule is Cn1ncc(-c2cc(F)c(F)cc2C=O)c1N. The fraction of sp³-hybridized carbons (Fsp3) is 0.0909. The maximum Gasteiger partial charge on any atom is 0.159 e. The Bertz CT molecular complexity index is 593. The molecule has 1 aromatic carbocycles. The number of aldehydes is 1. The van der Waals surface area contributed by atoms with Gasteiger partial charge in [-0.05, 0) is 12.1 Å². The molecule has 0 saturated carbocycles. The Morgan fingerprint density at radius 1 is 1.29 bits per heavy atom. The van der Waals surface area contributed by atoms with Gasteiger partial charge < -0.3 is 5.73 Å². The third-order valence-electron chi connectivity index (χ3n) is 2.49. The molecule has 88 valence electrons. The van der Waals surface area contributed by atoms with Gasteiger partial charge in [0.1, 0.15) is 5.82 Å². The molecule has 2 aromatic rings. The number of nitrogens with zero attached hydrogens (tertiary/aromatic N) is 2. The Balaban J connectivity index is 2.70. The van der Waals surface area contributed by atoms with Crippen molar-refractivity contribution in [1.29, 1.82) is 0 Å². The lowest BCUT2D eigenvalue weighted by atomic mass is 10.0. The molecule has 0 aliphatic rings. The first-order valence-corrected chi connectivity index (χ1v) is 4.76. The number of hydrogen-bond acceptors (Lipinski definition) is 3. The average Bonchev–Trinajstić information content (AvgIpc) is 2.63. The van der Waals surface area contributed by atoms with Gasteiger partial charge in [0.25, 0.3) is 0 Å². The summed E-state index contributed by atoms with van der Waals surface area (Å²) in [5, 5.41) is 3.88. The van der Waals surface area contributed by atoms with Crippen LogP contribution in [0, 0.1) is 11.6 Å². The van der Waals surface area contributed by atoms with Crippen molar-refractivity contribution in [3.63, 3.8) is 0 Å². The monoisotopic (exact) mass is 237 g/mol. The van der Waals surface area contributed by atoms with Crippen molar-refractivity contribution in [3.05, 3.63) is 35.5 Å². The molecule has 0 aliphatic carbocycles. The predicted molar refractivity (Wildman–Crippen MR) is 58.4 cm³/mol. The largest absolute Gasteiger partial charge is 0.383 e. The molecule has 17 heavy (non-hydrogen) atoms. The van der Waals surface area contributed by atoms with E-state index in [-0.39, 0.29) is 16.9 Å². The van der Waals surface area contributed by atoms with Crippen LogP contribution < -0.4 is 5.73 Å². The smallest absolute Gasteiger partial charge is 0.159 e. The Kier molecular flexibility index (Phi) is 2.63. The highest BCUT2D eigenvalue weighted by Gasteiger charge is 2.15. The Hall–Kier alpha value is -2.24. The van der Waals surface area contributed by atoms with Crippen LogP contribution in [0.4, 0.5) is 14.6 Å². The van der Waals surface area contributed by atoms with E-state index in [0.29, 0.717) is 11.8 Å². The summed E-state index contributed by atoms with van der Waals surface area (Å²) in [5.74, 6) is -1.83. The molecule has 6 heteroatoms. The number of aryl methyl sites for hydroxylation is 1. The van der Waals surface area contributed by atoms with Crippen LogP contribution in [0.25, 0.3) is 11.1 Å². The van der Waals surface area contributed by atoms with E-state index in [1.165, 1.54) is 10.9 Å². The van der Waals surface area contributed by atoms with Crippen molar-refractivity contribution in [2.75, 3.05) is 5.73 Å². The molecule has 4 nitrogen and oxygen atoms in total. The molecular weight excluding hydrogens is 228 g/mol. The molecule has 0 saturated heterocycles. The summed E-state index contributed by atoms with van der Waals surface area (Å²) in [5.41, 5.74) is 6.37. The highest BCUT2D eigenvalue weighted by molar-refractivity contribution is 5.90. The number of nitrogens with two attached hydrogens (primary N) is 1. The number of rotatable bonds is 2. The van der Waals surface area contributed by atoms with E-state index in [4.69, 9.17) is 5.73 Å². The van der Waals surface area contributed by atoms with E-state index in [9.17, 15) is 13.6 Å². The van der Waals surface area contributed by atoms with Crippen molar-refractivity contribution < 1.29 is 13.6 Å². The summed E-state index contributed by atoms with van der Waals surface area (Å²) in [7, 11) is 1.61. The molecule has 1 aromatic heterocycles. The van der Waals surface area contributed by atoms with Crippen LogP contribution in [0.2, 0.25) is 0 Å². The van der Waals surface area contributed by atoms with E-state index < -0.39 is 11.6 Å². The molecule has 1 heterocycles. The predicted octanol–water partition coefficient (Wildman–Crippen LogP) is 1.76. The quantitative estimate of drug-likeness (QED) is 0.809. The number of nitrogen functional groups attached to an aromatic ring is 1. The zero-order valence-corrected chi connectivity index (χ0v) is 8.95. The summed E-state index contributed by atoms with van der Waals surface area (Å²) in [4.78, 5) is 10.8. The van der Waals surface area contributed by atoms with Crippen LogP contribution in [0.5, 0.6) is 0 Å². The van der Waals surface area contributed by atoms with Crippen LogP contribution in [0.15, 0.2) is 18.3 Å². The zero-order valence-electron chi connectivity index (χ0n) is 8.95. The third kappa shape index (κ3) is 1.77. The first kappa shape index (κ1) is 11.3. The number of hydrogen-bond donors (Lipinski definition) is 1. The molecule has 0 fully saturated rings. The molecule has 0 aliphatic heterocycles. The highest BCUT2D eigenvalue weighted by atomic mass is 19.2. The highest BCUT2D eigenvalue weighted by Crippen LogP contribution is 2.29. The van der Waals surface area contributed by atoms with Gasteiger partial charge in [-0.3, -0.25) is 9.48 Å². The fourth-order valence-electron chi connectivity index (χ4n) is 1.55. The molecule has 0 unspecified atom stereocenters. The van der Waals surface area contributed by atoms with Gasteiger partial charge in [0.15, 0.2) is 17.9 Å². The normalized spacial score (nSPS) is 10.5. The van der Waals surface area contributed by atoms with E-state index in [1.807, 2.05) is 0 Å². The van der Waals surface area contributed by atoms with Crippen molar-refractivity contribution in [1.82, 2.24) is 9.78 Å². The van der Waals surface area contributed by atoms with Gasteiger partial charge in [-0.15, -0.1) is 0 Å². The van der Waals surface area contributed by atoms with E-state index >= 15 is 0 Å². The molecule has 0 spiro atoms. The number of halogens is 2. The first-order valence-electron chi connectivity index (χ1n) is 4.76. The minimum absolute atomic E-state index is 0.0311. The van der Waals surface area contributed by atoms with E-state index in [0.717, 1.165) is 12.1 Å². The van der Waals surface area contributed by atoms with Gasteiger partial charge in [-0.2, -0.15) is 5.10 Å². The van der Waals surface area contributed by atoms with Crippen molar-refractivity contribution in [2.45, 2.75) is 0 Å². The minimum Gasteiger partial charge on any atom is -0.383 e. The molecule has 2 N–H and O–H groups in total. The molecule has 0 bridgehead atoms. The number of anilines is 1. The van der Waals surface area contributed by atoms with Crippen LogP contribution in [-0.4, -0.2) is 16.1 Å². The number of benzene rings is 1. The van der Waals surface area contributed by atoms with Gasteiger partial charge in [0, 0.05) is 23.7 Å². The molecule has 0 amide bonds. The lowest BCUT2D eigenvalue weighted by Gasteiger charge is -2.05. The zero-order chi connectivity index (χ0) is 12.6. The summed E-state index contributed by atoms with van der Waals surface area (Å²) >= 11 is 0. The van der Waals surface area contributed by atoms with Crippen molar-refractivity contribution in [3.8, 4) is 11.1 Å². The summed E-state index contributed by atoms with van der Waals surface area (Å²) in [6, 6.07) is 1.77. The Morgan fingerprint density at radius 3 is 2.47 bits per heavy atom. The van der Waals surface area contributed by atoms with E-state index in [1.54, 1.807) is 7.05 Å². The summed E-state index contributed by atoms with van der Waals surface area (Å²) in [6.45, 7) is 0. The first-order chi connectivity index (χ1) is 8.04.